The fourth-order valence-electron chi connectivity index (χ4n) is 5.15. The average molecular weight is 492 g/mol. The van der Waals surface area contributed by atoms with Gasteiger partial charge >= 0.3 is 0 Å². The molecule has 0 fully saturated rings. The molecule has 196 valence electrons. The van der Waals surface area contributed by atoms with Crippen molar-refractivity contribution in [2.24, 2.45) is 0 Å². The predicted molar refractivity (Wildman–Crippen MR) is 158 cm³/mol. The minimum Gasteiger partial charge on any atom is -0.147 e. The zero-order valence-corrected chi connectivity index (χ0v) is 25.0. The van der Waals surface area contributed by atoms with Crippen LogP contribution in [-0.4, -0.2) is 24.6 Å². The zero-order chi connectivity index (χ0) is 22.9. The van der Waals surface area contributed by atoms with Gasteiger partial charge in [-0.3, -0.25) is 0 Å². The molecule has 0 N–H and O–H groups in total. The summed E-state index contributed by atoms with van der Waals surface area (Å²) in [6.07, 6.45) is 39.0. The second kappa shape index (κ2) is 28.0. The van der Waals surface area contributed by atoms with Crippen LogP contribution < -0.4 is 0 Å². The molecule has 2 heteroatoms. The molecule has 0 unspecified atom stereocenters. The molecule has 0 saturated carbocycles. The summed E-state index contributed by atoms with van der Waals surface area (Å²) in [4.78, 5) is 0. The highest BCUT2D eigenvalue weighted by Gasteiger charge is 2.34. The third-order valence-corrected chi connectivity index (χ3v) is 12.5. The summed E-state index contributed by atoms with van der Waals surface area (Å²) in [5, 5.41) is 0. The van der Waals surface area contributed by atoms with Crippen LogP contribution in [0.25, 0.3) is 0 Å². The maximum absolute atomic E-state index is 2.39. The molecule has 0 aromatic rings. The Labute approximate surface area is 213 Å². The van der Waals surface area contributed by atoms with Gasteiger partial charge in [0.15, 0.2) is 0 Å². The van der Waals surface area contributed by atoms with Crippen molar-refractivity contribution in [2.75, 3.05) is 24.6 Å². The largest absolute Gasteiger partial charge is 0.147 e. The van der Waals surface area contributed by atoms with Gasteiger partial charge in [0.1, 0.15) is 0 Å². The molecule has 0 aliphatic rings. The summed E-state index contributed by atoms with van der Waals surface area (Å²) >= 11 is 0. The molecular weight excluding hydrogens is 427 g/mol. The monoisotopic (exact) mass is 491 g/mol. The Balaban J connectivity index is 0. The Morgan fingerprint density at radius 3 is 0.781 bits per heavy atom. The highest BCUT2D eigenvalue weighted by atomic mass is 35.5. The molecule has 0 bridgehead atoms. The van der Waals surface area contributed by atoms with E-state index in [9.17, 15) is 0 Å². The highest BCUT2D eigenvalue weighted by molar-refractivity contribution is 7.75. The maximum Gasteiger partial charge on any atom is 0.0594 e. The van der Waals surface area contributed by atoms with Gasteiger partial charge in [0.05, 0.1) is 24.6 Å². The van der Waals surface area contributed by atoms with Crippen LogP contribution in [0.5, 0.6) is 0 Å². The number of rotatable bonds is 26. The van der Waals surface area contributed by atoms with Crippen LogP contribution in [0.1, 0.15) is 169 Å². The molecule has 0 aliphatic heterocycles. The van der Waals surface area contributed by atoms with Crippen LogP contribution in [0.3, 0.4) is 0 Å². The first-order valence-corrected chi connectivity index (χ1v) is 17.6. The lowest BCUT2D eigenvalue weighted by Gasteiger charge is -2.28. The van der Waals surface area contributed by atoms with Crippen LogP contribution in [0.4, 0.5) is 0 Å². The maximum atomic E-state index is 2.39. The number of halogens is 1. The summed E-state index contributed by atoms with van der Waals surface area (Å²) in [6.45, 7) is 9.48. The molecule has 0 aromatic carbocycles. The van der Waals surface area contributed by atoms with Gasteiger partial charge in [0.2, 0.25) is 0 Å². The number of hydrogen-bond acceptors (Lipinski definition) is 0. The van der Waals surface area contributed by atoms with E-state index in [0.717, 1.165) is 0 Å². The van der Waals surface area contributed by atoms with Crippen molar-refractivity contribution in [3.8, 4) is 0 Å². The molecule has 0 amide bonds. The molecule has 0 rings (SSSR count). The van der Waals surface area contributed by atoms with Gasteiger partial charge in [-0.15, -0.1) is 12.4 Å². The van der Waals surface area contributed by atoms with Crippen molar-refractivity contribution in [3.05, 3.63) is 0 Å². The van der Waals surface area contributed by atoms with Crippen molar-refractivity contribution in [1.29, 1.82) is 0 Å². The quantitative estimate of drug-likeness (QED) is 0.0832. The predicted octanol–water partition coefficient (Wildman–Crippen LogP) is 12.1. The molecule has 0 atom stereocenters. The van der Waals surface area contributed by atoms with Gasteiger partial charge < -0.3 is 0 Å². The van der Waals surface area contributed by atoms with Gasteiger partial charge in [0.25, 0.3) is 0 Å². The van der Waals surface area contributed by atoms with E-state index in [0.29, 0.717) is 0 Å². The molecule has 0 nitrogen and oxygen atoms in total. The van der Waals surface area contributed by atoms with Gasteiger partial charge in [-0.1, -0.05) is 137 Å². The van der Waals surface area contributed by atoms with Crippen LogP contribution >= 0.6 is 19.7 Å². The minimum atomic E-state index is -0.634. The average Bonchev–Trinajstić information content (AvgIpc) is 2.79. The second-order valence-electron chi connectivity index (χ2n) is 10.6. The Morgan fingerprint density at radius 1 is 0.281 bits per heavy atom. The van der Waals surface area contributed by atoms with Gasteiger partial charge in [0, 0.05) is 7.26 Å². The zero-order valence-electron chi connectivity index (χ0n) is 23.2. The first-order valence-electron chi connectivity index (χ1n) is 15.1. The summed E-state index contributed by atoms with van der Waals surface area (Å²) in [5.41, 5.74) is 0. The first-order chi connectivity index (χ1) is 15.2. The Morgan fingerprint density at radius 2 is 0.500 bits per heavy atom. The van der Waals surface area contributed by atoms with Gasteiger partial charge in [-0.25, -0.2) is 0 Å². The van der Waals surface area contributed by atoms with E-state index >= 15 is 0 Å². The fourth-order valence-corrected chi connectivity index (χ4v) is 10.3. The van der Waals surface area contributed by atoms with E-state index < -0.39 is 7.26 Å². The topological polar surface area (TPSA) is 0 Å². The van der Waals surface area contributed by atoms with Crippen LogP contribution in [-0.2, 0) is 0 Å². The SMILES string of the molecule is CCCCCCCCCCCCCCCCCC[P+](CCCC)(CCCC)CCCC.Cl. The molecule has 0 saturated heterocycles. The van der Waals surface area contributed by atoms with Crippen molar-refractivity contribution in [1.82, 2.24) is 0 Å². The molecule has 0 aliphatic carbocycles. The highest BCUT2D eigenvalue weighted by Crippen LogP contribution is 2.61. The van der Waals surface area contributed by atoms with Crippen LogP contribution in [0, 0.1) is 0 Å². The Bertz CT molecular complexity index is 309. The molecule has 0 aromatic heterocycles. The standard InChI is InChI=1S/C30H64P.ClH/c1-5-9-13-14-15-16-17-18-19-20-21-22-23-24-25-26-30-31(27-10-6-2,28-11-7-3)29-12-8-4;/h5-30H2,1-4H3;1H/q+1;. The van der Waals surface area contributed by atoms with Crippen LogP contribution in [0.2, 0.25) is 0 Å². The summed E-state index contributed by atoms with van der Waals surface area (Å²) in [5.74, 6) is 0. The van der Waals surface area contributed by atoms with E-state index in [1.54, 1.807) is 31.1 Å². The lowest BCUT2D eigenvalue weighted by Crippen LogP contribution is -2.13. The van der Waals surface area contributed by atoms with Crippen molar-refractivity contribution < 1.29 is 0 Å². The van der Waals surface area contributed by atoms with E-state index in [-0.39, 0.29) is 12.4 Å². The minimum absolute atomic E-state index is 0. The summed E-state index contributed by atoms with van der Waals surface area (Å²) in [7, 11) is -0.634. The molecule has 0 radical (unpaired) electrons. The third-order valence-electron chi connectivity index (χ3n) is 7.44. The molecular formula is C30H65ClP+. The van der Waals surface area contributed by atoms with Crippen molar-refractivity contribution in [2.45, 2.75) is 169 Å². The van der Waals surface area contributed by atoms with E-state index in [1.165, 1.54) is 135 Å². The normalized spacial score (nSPS) is 11.6. The van der Waals surface area contributed by atoms with E-state index in [2.05, 4.69) is 27.7 Å². The number of hydrogen-bond donors (Lipinski definition) is 0. The second-order valence-corrected chi connectivity index (χ2v) is 15.1. The van der Waals surface area contributed by atoms with Crippen molar-refractivity contribution in [3.63, 3.8) is 0 Å². The summed E-state index contributed by atoms with van der Waals surface area (Å²) < 4.78 is 0. The molecule has 0 spiro atoms. The van der Waals surface area contributed by atoms with Crippen LogP contribution in [0.15, 0.2) is 0 Å². The molecule has 0 heterocycles. The smallest absolute Gasteiger partial charge is 0.0594 e. The van der Waals surface area contributed by atoms with Gasteiger partial charge in [-0.05, 0) is 32.1 Å². The van der Waals surface area contributed by atoms with Crippen molar-refractivity contribution >= 4 is 19.7 Å². The lowest BCUT2D eigenvalue weighted by molar-refractivity contribution is 0.531. The molecule has 32 heavy (non-hydrogen) atoms. The lowest BCUT2D eigenvalue weighted by atomic mass is 10.0. The Hall–Kier alpha value is 0.720. The Kier molecular flexibility index (Phi) is 30.5. The number of unbranched alkanes of at least 4 members (excludes halogenated alkanes) is 18. The summed E-state index contributed by atoms with van der Waals surface area (Å²) in [6, 6.07) is 0. The third kappa shape index (κ3) is 22.5. The van der Waals surface area contributed by atoms with E-state index in [4.69, 9.17) is 0 Å². The van der Waals surface area contributed by atoms with Gasteiger partial charge in [-0.2, -0.15) is 0 Å². The fraction of sp³-hybridized carbons (Fsp3) is 1.00. The first kappa shape index (κ1) is 34.9. The van der Waals surface area contributed by atoms with E-state index in [1.807, 2.05) is 0 Å².